The van der Waals surface area contributed by atoms with E-state index in [1.165, 1.54) is 6.33 Å². The van der Waals surface area contributed by atoms with E-state index in [0.29, 0.717) is 18.7 Å². The zero-order chi connectivity index (χ0) is 13.4. The zero-order valence-corrected chi connectivity index (χ0v) is 10.7. The van der Waals surface area contributed by atoms with Gasteiger partial charge in [-0.25, -0.2) is 9.67 Å². The van der Waals surface area contributed by atoms with Crippen LogP contribution in [0, 0.1) is 0 Å². The second-order valence-electron chi connectivity index (χ2n) is 4.54. The molecule has 3 rings (SSSR count). The van der Waals surface area contributed by atoms with Crippen molar-refractivity contribution < 1.29 is 4.79 Å². The van der Waals surface area contributed by atoms with Crippen molar-refractivity contribution in [3.05, 3.63) is 35.9 Å². The summed E-state index contributed by atoms with van der Waals surface area (Å²) in [6.45, 7) is 3.19. The molecule has 0 aliphatic carbocycles. The number of nitrogen functional groups attached to an aromatic ring is 1. The van der Waals surface area contributed by atoms with E-state index in [9.17, 15) is 4.79 Å². The van der Waals surface area contributed by atoms with Gasteiger partial charge in [0.1, 0.15) is 12.2 Å². The fraction of sp³-hybridized carbons (Fsp3) is 0.308. The van der Waals surface area contributed by atoms with Crippen molar-refractivity contribution in [3.8, 4) is 0 Å². The standard InChI is InChI=1S/C13H15N5O/c1-2-18-12(15-8-16-18)7-17-11-4-3-10(14)5-9(11)6-13(17)19/h3-5,8H,2,6-7,14H2,1H3. The maximum absolute atomic E-state index is 12.1. The van der Waals surface area contributed by atoms with Gasteiger partial charge in [-0.1, -0.05) is 0 Å². The summed E-state index contributed by atoms with van der Waals surface area (Å²) in [6, 6.07) is 5.56. The highest BCUT2D eigenvalue weighted by molar-refractivity contribution is 6.01. The number of carbonyl (C=O) groups is 1. The average molecular weight is 257 g/mol. The Morgan fingerprint density at radius 1 is 1.42 bits per heavy atom. The number of hydrogen-bond donors (Lipinski definition) is 1. The summed E-state index contributed by atoms with van der Waals surface area (Å²) in [5.74, 6) is 0.867. The van der Waals surface area contributed by atoms with Crippen LogP contribution < -0.4 is 10.6 Å². The normalized spacial score (nSPS) is 13.9. The number of hydrogen-bond acceptors (Lipinski definition) is 4. The largest absolute Gasteiger partial charge is 0.399 e. The number of aromatic nitrogens is 3. The third-order valence-corrected chi connectivity index (χ3v) is 3.33. The summed E-state index contributed by atoms with van der Waals surface area (Å²) in [5, 5.41) is 4.12. The summed E-state index contributed by atoms with van der Waals surface area (Å²) < 4.78 is 1.79. The average Bonchev–Trinajstić information content (AvgIpc) is 2.95. The molecule has 2 aromatic rings. The fourth-order valence-electron chi connectivity index (χ4n) is 2.39. The molecule has 1 aromatic carbocycles. The van der Waals surface area contributed by atoms with Crippen molar-refractivity contribution >= 4 is 17.3 Å². The number of benzene rings is 1. The Morgan fingerprint density at radius 3 is 3.05 bits per heavy atom. The van der Waals surface area contributed by atoms with Gasteiger partial charge >= 0.3 is 0 Å². The van der Waals surface area contributed by atoms with E-state index in [1.807, 2.05) is 25.1 Å². The SMILES string of the molecule is CCn1ncnc1CN1C(=O)Cc2cc(N)ccc21. The third-order valence-electron chi connectivity index (χ3n) is 3.33. The Hall–Kier alpha value is -2.37. The lowest BCUT2D eigenvalue weighted by Crippen LogP contribution is -2.27. The summed E-state index contributed by atoms with van der Waals surface area (Å²) in [6.07, 6.45) is 1.92. The predicted molar refractivity (Wildman–Crippen MR) is 71.4 cm³/mol. The molecule has 0 spiro atoms. The fourth-order valence-corrected chi connectivity index (χ4v) is 2.39. The molecule has 6 nitrogen and oxygen atoms in total. The smallest absolute Gasteiger partial charge is 0.231 e. The molecule has 1 amide bonds. The number of aryl methyl sites for hydroxylation is 1. The van der Waals surface area contributed by atoms with Crippen molar-refractivity contribution in [2.75, 3.05) is 10.6 Å². The van der Waals surface area contributed by atoms with Crippen molar-refractivity contribution in [1.82, 2.24) is 14.8 Å². The van der Waals surface area contributed by atoms with Gasteiger partial charge in [0.15, 0.2) is 0 Å². The zero-order valence-electron chi connectivity index (χ0n) is 10.7. The van der Waals surface area contributed by atoms with Crippen molar-refractivity contribution in [1.29, 1.82) is 0 Å². The molecule has 0 unspecified atom stereocenters. The predicted octanol–water partition coefficient (Wildman–Crippen LogP) is 0.969. The third kappa shape index (κ3) is 1.95. The topological polar surface area (TPSA) is 77.0 Å². The Kier molecular flexibility index (Phi) is 2.70. The lowest BCUT2D eigenvalue weighted by atomic mass is 10.1. The van der Waals surface area contributed by atoms with Gasteiger partial charge in [-0.3, -0.25) is 4.79 Å². The lowest BCUT2D eigenvalue weighted by Gasteiger charge is -2.17. The van der Waals surface area contributed by atoms with Crippen LogP contribution in [0.3, 0.4) is 0 Å². The van der Waals surface area contributed by atoms with E-state index in [-0.39, 0.29) is 5.91 Å². The Bertz CT molecular complexity index is 634. The van der Waals surface area contributed by atoms with E-state index >= 15 is 0 Å². The number of nitrogens with zero attached hydrogens (tertiary/aromatic N) is 4. The molecule has 98 valence electrons. The van der Waals surface area contributed by atoms with Crippen LogP contribution in [0.4, 0.5) is 11.4 Å². The highest BCUT2D eigenvalue weighted by atomic mass is 16.2. The van der Waals surface area contributed by atoms with Crippen LogP contribution in [0.1, 0.15) is 18.3 Å². The van der Waals surface area contributed by atoms with Crippen molar-refractivity contribution in [3.63, 3.8) is 0 Å². The molecule has 2 N–H and O–H groups in total. The first-order valence-electron chi connectivity index (χ1n) is 6.24. The molecule has 1 aliphatic rings. The van der Waals surface area contributed by atoms with E-state index < -0.39 is 0 Å². The van der Waals surface area contributed by atoms with E-state index in [0.717, 1.165) is 23.6 Å². The molecule has 0 atom stereocenters. The first-order valence-corrected chi connectivity index (χ1v) is 6.24. The van der Waals surface area contributed by atoms with Crippen LogP contribution in [0.5, 0.6) is 0 Å². The molecule has 0 bridgehead atoms. The highest BCUT2D eigenvalue weighted by Crippen LogP contribution is 2.31. The number of carbonyl (C=O) groups excluding carboxylic acids is 1. The van der Waals surface area contributed by atoms with Crippen LogP contribution in [0.25, 0.3) is 0 Å². The molecule has 1 aliphatic heterocycles. The summed E-state index contributed by atoms with van der Waals surface area (Å²) in [5.41, 5.74) is 8.33. The van der Waals surface area contributed by atoms with Gasteiger partial charge in [-0.15, -0.1) is 0 Å². The van der Waals surface area contributed by atoms with Gasteiger partial charge in [0.25, 0.3) is 0 Å². The summed E-state index contributed by atoms with van der Waals surface area (Å²) in [7, 11) is 0. The van der Waals surface area contributed by atoms with Crippen LogP contribution in [0.2, 0.25) is 0 Å². The quantitative estimate of drug-likeness (QED) is 0.831. The van der Waals surface area contributed by atoms with Crippen molar-refractivity contribution in [2.45, 2.75) is 26.4 Å². The minimum atomic E-state index is 0.0752. The van der Waals surface area contributed by atoms with Gasteiger partial charge in [0.05, 0.1) is 13.0 Å². The van der Waals surface area contributed by atoms with Gasteiger partial charge in [0.2, 0.25) is 5.91 Å². The number of fused-ring (bicyclic) bond motifs is 1. The molecule has 0 saturated heterocycles. The van der Waals surface area contributed by atoms with Gasteiger partial charge in [-0.05, 0) is 30.7 Å². The Balaban J connectivity index is 1.92. The van der Waals surface area contributed by atoms with E-state index in [1.54, 1.807) is 9.58 Å². The molecule has 2 heterocycles. The minimum Gasteiger partial charge on any atom is -0.399 e. The second-order valence-corrected chi connectivity index (χ2v) is 4.54. The first-order chi connectivity index (χ1) is 9.19. The minimum absolute atomic E-state index is 0.0752. The molecule has 0 saturated carbocycles. The van der Waals surface area contributed by atoms with E-state index in [4.69, 9.17) is 5.73 Å². The molecular weight excluding hydrogens is 242 g/mol. The molecule has 0 radical (unpaired) electrons. The van der Waals surface area contributed by atoms with Crippen LogP contribution in [0.15, 0.2) is 24.5 Å². The molecule has 6 heteroatoms. The molecular formula is C13H15N5O. The van der Waals surface area contributed by atoms with E-state index in [2.05, 4.69) is 10.1 Å². The van der Waals surface area contributed by atoms with Gasteiger partial charge < -0.3 is 10.6 Å². The molecule has 0 fully saturated rings. The van der Waals surface area contributed by atoms with Crippen molar-refractivity contribution in [2.24, 2.45) is 0 Å². The van der Waals surface area contributed by atoms with Gasteiger partial charge in [0, 0.05) is 17.9 Å². The van der Waals surface area contributed by atoms with Crippen LogP contribution >= 0.6 is 0 Å². The summed E-state index contributed by atoms with van der Waals surface area (Å²) >= 11 is 0. The Labute approximate surface area is 110 Å². The second kappa shape index (κ2) is 4.38. The maximum atomic E-state index is 12.1. The maximum Gasteiger partial charge on any atom is 0.231 e. The Morgan fingerprint density at radius 2 is 2.26 bits per heavy atom. The number of rotatable bonds is 3. The number of nitrogens with two attached hydrogens (primary N) is 1. The first kappa shape index (κ1) is 11.7. The number of amides is 1. The monoisotopic (exact) mass is 257 g/mol. The van der Waals surface area contributed by atoms with Gasteiger partial charge in [-0.2, -0.15) is 5.10 Å². The van der Waals surface area contributed by atoms with Crippen LogP contribution in [-0.2, 0) is 24.3 Å². The lowest BCUT2D eigenvalue weighted by molar-refractivity contribution is -0.117. The molecule has 19 heavy (non-hydrogen) atoms. The molecule has 1 aromatic heterocycles. The van der Waals surface area contributed by atoms with Crippen LogP contribution in [-0.4, -0.2) is 20.7 Å². The highest BCUT2D eigenvalue weighted by Gasteiger charge is 2.28. The number of anilines is 2. The summed E-state index contributed by atoms with van der Waals surface area (Å²) in [4.78, 5) is 18.0.